The van der Waals surface area contributed by atoms with Gasteiger partial charge in [0.1, 0.15) is 11.4 Å². The highest BCUT2D eigenvalue weighted by Gasteiger charge is 2.41. The average Bonchev–Trinajstić information content (AvgIpc) is 2.94. The molecule has 0 saturated carbocycles. The molecule has 3 rings (SSSR count). The second kappa shape index (κ2) is 7.86. The summed E-state index contributed by atoms with van der Waals surface area (Å²) in [5.74, 6) is -0.244. The Morgan fingerprint density at radius 3 is 2.43 bits per heavy atom. The van der Waals surface area contributed by atoms with Crippen LogP contribution in [-0.2, 0) is 9.59 Å². The fourth-order valence-electron chi connectivity index (χ4n) is 3.28. The third-order valence-electron chi connectivity index (χ3n) is 4.98. The number of amides is 2. The van der Waals surface area contributed by atoms with Gasteiger partial charge in [-0.3, -0.25) is 9.59 Å². The van der Waals surface area contributed by atoms with Crippen molar-refractivity contribution in [2.45, 2.75) is 13.8 Å². The van der Waals surface area contributed by atoms with Gasteiger partial charge < -0.3 is 14.7 Å². The first-order valence-corrected chi connectivity index (χ1v) is 9.05. The number of methoxy groups -OCH3 is 1. The van der Waals surface area contributed by atoms with Gasteiger partial charge in [0.25, 0.3) is 11.8 Å². The second-order valence-corrected chi connectivity index (χ2v) is 6.82. The number of anilines is 1. The molecule has 0 radical (unpaired) electrons. The average molecular weight is 380 g/mol. The lowest BCUT2D eigenvalue weighted by Crippen LogP contribution is -2.34. The number of benzene rings is 2. The molecule has 0 aromatic heterocycles. The molecule has 6 nitrogen and oxygen atoms in total. The van der Waals surface area contributed by atoms with Crippen LogP contribution in [0, 0.1) is 13.8 Å². The molecule has 1 heterocycles. The van der Waals surface area contributed by atoms with Crippen molar-refractivity contribution in [3.63, 3.8) is 0 Å². The number of aliphatic hydroxyl groups excluding tert-OH is 1. The van der Waals surface area contributed by atoms with Gasteiger partial charge in [0.05, 0.1) is 25.0 Å². The SMILES string of the molecule is COc1cccc(N2C(=O)C(c3ccc(C)c(C)c3)=C(N(C)CCO)C2=O)c1. The number of carbonyl (C=O) groups excluding carboxylic acids is 2. The maximum Gasteiger partial charge on any atom is 0.282 e. The number of hydrogen-bond acceptors (Lipinski definition) is 5. The van der Waals surface area contributed by atoms with Crippen LogP contribution in [0.3, 0.4) is 0 Å². The lowest BCUT2D eigenvalue weighted by molar-refractivity contribution is -0.120. The number of imide groups is 1. The van der Waals surface area contributed by atoms with Gasteiger partial charge in [-0.25, -0.2) is 4.90 Å². The molecule has 1 aliphatic rings. The van der Waals surface area contributed by atoms with Crippen LogP contribution < -0.4 is 9.64 Å². The van der Waals surface area contributed by atoms with Crippen molar-refractivity contribution in [3.8, 4) is 5.75 Å². The topological polar surface area (TPSA) is 70.1 Å². The third kappa shape index (κ3) is 3.39. The van der Waals surface area contributed by atoms with E-state index in [1.54, 1.807) is 36.2 Å². The first kappa shape index (κ1) is 19.6. The first-order valence-electron chi connectivity index (χ1n) is 9.05. The summed E-state index contributed by atoms with van der Waals surface area (Å²) in [7, 11) is 3.23. The zero-order valence-corrected chi connectivity index (χ0v) is 16.5. The molecular weight excluding hydrogens is 356 g/mol. The first-order chi connectivity index (χ1) is 13.4. The Labute approximate surface area is 164 Å². The molecule has 0 spiro atoms. The predicted octanol–water partition coefficient (Wildman–Crippen LogP) is 2.52. The van der Waals surface area contributed by atoms with Gasteiger partial charge in [-0.1, -0.05) is 24.3 Å². The van der Waals surface area contributed by atoms with Crippen molar-refractivity contribution in [2.24, 2.45) is 0 Å². The van der Waals surface area contributed by atoms with Crippen molar-refractivity contribution < 1.29 is 19.4 Å². The smallest absolute Gasteiger partial charge is 0.282 e. The fraction of sp³-hybridized carbons (Fsp3) is 0.273. The molecule has 1 N–H and O–H groups in total. The molecular formula is C22H24N2O4. The monoisotopic (exact) mass is 380 g/mol. The number of hydrogen-bond donors (Lipinski definition) is 1. The van der Waals surface area contributed by atoms with E-state index in [4.69, 9.17) is 4.74 Å². The quantitative estimate of drug-likeness (QED) is 0.780. The number of rotatable bonds is 6. The van der Waals surface area contributed by atoms with Gasteiger partial charge in [-0.2, -0.15) is 0 Å². The van der Waals surface area contributed by atoms with E-state index in [1.807, 2.05) is 32.0 Å². The van der Waals surface area contributed by atoms with Crippen LogP contribution in [0.15, 0.2) is 48.2 Å². The Morgan fingerprint density at radius 1 is 1.04 bits per heavy atom. The van der Waals surface area contributed by atoms with Gasteiger partial charge in [0.15, 0.2) is 0 Å². The summed E-state index contributed by atoms with van der Waals surface area (Å²) in [6.45, 7) is 4.09. The van der Waals surface area contributed by atoms with Crippen LogP contribution in [0.4, 0.5) is 5.69 Å². The molecule has 0 saturated heterocycles. The van der Waals surface area contributed by atoms with Crippen molar-refractivity contribution in [3.05, 3.63) is 64.9 Å². The molecule has 1 aliphatic heterocycles. The van der Waals surface area contributed by atoms with E-state index in [1.165, 1.54) is 7.11 Å². The Balaban J connectivity index is 2.15. The minimum absolute atomic E-state index is 0.124. The highest BCUT2D eigenvalue weighted by atomic mass is 16.5. The highest BCUT2D eigenvalue weighted by molar-refractivity contribution is 6.45. The van der Waals surface area contributed by atoms with Gasteiger partial charge in [-0.15, -0.1) is 0 Å². The highest BCUT2D eigenvalue weighted by Crippen LogP contribution is 2.35. The van der Waals surface area contributed by atoms with E-state index in [0.717, 1.165) is 16.0 Å². The lowest BCUT2D eigenvalue weighted by Gasteiger charge is -2.20. The lowest BCUT2D eigenvalue weighted by atomic mass is 9.99. The predicted molar refractivity (Wildman–Crippen MR) is 108 cm³/mol. The van der Waals surface area contributed by atoms with Crippen molar-refractivity contribution in [1.29, 1.82) is 0 Å². The van der Waals surface area contributed by atoms with Gasteiger partial charge in [0.2, 0.25) is 0 Å². The van der Waals surface area contributed by atoms with Crippen LogP contribution in [0.1, 0.15) is 16.7 Å². The Hall–Kier alpha value is -3.12. The maximum absolute atomic E-state index is 13.3. The second-order valence-electron chi connectivity index (χ2n) is 6.82. The Kier molecular flexibility index (Phi) is 5.51. The van der Waals surface area contributed by atoms with E-state index in [-0.39, 0.29) is 24.8 Å². The number of nitrogens with zero attached hydrogens (tertiary/aromatic N) is 2. The number of ether oxygens (including phenoxy) is 1. The van der Waals surface area contributed by atoms with E-state index in [0.29, 0.717) is 22.6 Å². The molecule has 0 atom stereocenters. The van der Waals surface area contributed by atoms with Crippen LogP contribution in [0.2, 0.25) is 0 Å². The molecule has 6 heteroatoms. The van der Waals surface area contributed by atoms with Crippen molar-refractivity contribution in [2.75, 3.05) is 32.2 Å². The van der Waals surface area contributed by atoms with Gasteiger partial charge in [0, 0.05) is 19.7 Å². The Bertz CT molecular complexity index is 965. The van der Waals surface area contributed by atoms with E-state index in [9.17, 15) is 14.7 Å². The van der Waals surface area contributed by atoms with E-state index < -0.39 is 5.91 Å². The van der Waals surface area contributed by atoms with Crippen LogP contribution >= 0.6 is 0 Å². The normalized spacial score (nSPS) is 14.1. The molecule has 2 aromatic carbocycles. The summed E-state index contributed by atoms with van der Waals surface area (Å²) < 4.78 is 5.23. The molecule has 2 aromatic rings. The van der Waals surface area contributed by atoms with E-state index in [2.05, 4.69) is 0 Å². The summed E-state index contributed by atoms with van der Waals surface area (Å²) >= 11 is 0. The standard InChI is InChI=1S/C22H24N2O4/c1-14-8-9-16(12-15(14)2)19-20(23(3)10-11-25)22(27)24(21(19)26)17-6-5-7-18(13-17)28-4/h5-9,12-13,25H,10-11H2,1-4H3. The number of aryl methyl sites for hydroxylation is 2. The molecule has 28 heavy (non-hydrogen) atoms. The van der Waals surface area contributed by atoms with Gasteiger partial charge in [-0.05, 0) is 42.7 Å². The largest absolute Gasteiger partial charge is 0.497 e. The number of aliphatic hydroxyl groups is 1. The summed E-state index contributed by atoms with van der Waals surface area (Å²) in [6, 6.07) is 12.6. The van der Waals surface area contributed by atoms with Crippen LogP contribution in [-0.4, -0.2) is 49.1 Å². The third-order valence-corrected chi connectivity index (χ3v) is 4.98. The zero-order chi connectivity index (χ0) is 20.4. The Morgan fingerprint density at radius 2 is 1.79 bits per heavy atom. The minimum Gasteiger partial charge on any atom is -0.497 e. The molecule has 2 amide bonds. The minimum atomic E-state index is -0.414. The van der Waals surface area contributed by atoms with E-state index >= 15 is 0 Å². The van der Waals surface area contributed by atoms with Crippen LogP contribution in [0.25, 0.3) is 5.57 Å². The fourth-order valence-corrected chi connectivity index (χ4v) is 3.28. The molecule has 0 unspecified atom stereocenters. The van der Waals surface area contributed by atoms with Crippen molar-refractivity contribution in [1.82, 2.24) is 4.90 Å². The summed E-state index contributed by atoms with van der Waals surface area (Å²) in [6.07, 6.45) is 0. The number of carbonyl (C=O) groups is 2. The molecule has 146 valence electrons. The molecule has 0 fully saturated rings. The zero-order valence-electron chi connectivity index (χ0n) is 16.5. The van der Waals surface area contributed by atoms with Crippen molar-refractivity contribution >= 4 is 23.1 Å². The van der Waals surface area contributed by atoms with Gasteiger partial charge >= 0.3 is 0 Å². The molecule has 0 aliphatic carbocycles. The van der Waals surface area contributed by atoms with Crippen LogP contribution in [0.5, 0.6) is 5.75 Å². The number of likely N-dealkylation sites (N-methyl/N-ethyl adjacent to an activating group) is 1. The summed E-state index contributed by atoms with van der Waals surface area (Å²) in [5.41, 5.74) is 3.90. The summed E-state index contributed by atoms with van der Waals surface area (Å²) in [5, 5.41) is 9.35. The summed E-state index contributed by atoms with van der Waals surface area (Å²) in [4.78, 5) is 29.4. The maximum atomic E-state index is 13.3. The molecule has 0 bridgehead atoms.